The van der Waals surface area contributed by atoms with Crippen LogP contribution in [0, 0.1) is 11.3 Å². The van der Waals surface area contributed by atoms with Crippen molar-refractivity contribution in [1.29, 1.82) is 5.26 Å². The van der Waals surface area contributed by atoms with Crippen LogP contribution in [-0.2, 0) is 0 Å². The van der Waals surface area contributed by atoms with Crippen molar-refractivity contribution in [1.82, 2.24) is 4.98 Å². The van der Waals surface area contributed by atoms with Gasteiger partial charge in [-0.05, 0) is 6.07 Å². The van der Waals surface area contributed by atoms with Gasteiger partial charge in [0.25, 0.3) is 6.43 Å². The number of hydrogen-bond acceptors (Lipinski definition) is 4. The molecular formula is C7H5F2N3O. The molecule has 0 atom stereocenters. The number of alkyl halides is 2. The van der Waals surface area contributed by atoms with Gasteiger partial charge in [-0.1, -0.05) is 0 Å². The molecule has 1 aromatic heterocycles. The van der Waals surface area contributed by atoms with Crippen LogP contribution >= 0.6 is 0 Å². The summed E-state index contributed by atoms with van der Waals surface area (Å²) in [7, 11) is 0. The van der Waals surface area contributed by atoms with Crippen LogP contribution in [0.5, 0.6) is 5.75 Å². The molecular weight excluding hydrogens is 180 g/mol. The van der Waals surface area contributed by atoms with Crippen molar-refractivity contribution in [2.45, 2.75) is 6.43 Å². The molecule has 0 aliphatic carbocycles. The molecule has 1 rings (SSSR count). The first kappa shape index (κ1) is 9.19. The molecule has 0 radical (unpaired) electrons. The zero-order chi connectivity index (χ0) is 10.0. The topological polar surface area (TPSA) is 82.9 Å². The lowest BCUT2D eigenvalue weighted by Gasteiger charge is -2.04. The van der Waals surface area contributed by atoms with Crippen LogP contribution in [-0.4, -0.2) is 10.1 Å². The van der Waals surface area contributed by atoms with Crippen molar-refractivity contribution in [3.8, 4) is 11.8 Å². The number of hydrogen-bond donors (Lipinski definition) is 2. The second kappa shape index (κ2) is 3.23. The summed E-state index contributed by atoms with van der Waals surface area (Å²) in [4.78, 5) is 3.30. The van der Waals surface area contributed by atoms with E-state index >= 15 is 0 Å². The highest BCUT2D eigenvalue weighted by atomic mass is 19.3. The van der Waals surface area contributed by atoms with E-state index in [0.29, 0.717) is 0 Å². The molecule has 6 heteroatoms. The number of anilines is 1. The second-order valence-electron chi connectivity index (χ2n) is 2.24. The zero-order valence-electron chi connectivity index (χ0n) is 6.33. The highest BCUT2D eigenvalue weighted by molar-refractivity contribution is 5.50. The number of aromatic nitrogens is 1. The molecule has 13 heavy (non-hydrogen) atoms. The fourth-order valence-corrected chi connectivity index (χ4v) is 0.789. The van der Waals surface area contributed by atoms with Gasteiger partial charge in [0.2, 0.25) is 0 Å². The Bertz CT molecular complexity index is 373. The molecule has 1 heterocycles. The number of nitriles is 1. The van der Waals surface area contributed by atoms with Crippen LogP contribution in [0.2, 0.25) is 0 Å². The monoisotopic (exact) mass is 185 g/mol. The maximum absolute atomic E-state index is 12.1. The fourth-order valence-electron chi connectivity index (χ4n) is 0.789. The third-order valence-electron chi connectivity index (χ3n) is 1.40. The minimum Gasteiger partial charge on any atom is -0.505 e. The van der Waals surface area contributed by atoms with Gasteiger partial charge in [-0.2, -0.15) is 5.26 Å². The highest BCUT2D eigenvalue weighted by Crippen LogP contribution is 2.28. The zero-order valence-corrected chi connectivity index (χ0v) is 6.33. The smallest absolute Gasteiger partial charge is 0.267 e. The Balaban J connectivity index is 3.31. The molecule has 0 bridgehead atoms. The molecule has 68 valence electrons. The summed E-state index contributed by atoms with van der Waals surface area (Å²) < 4.78 is 24.3. The van der Waals surface area contributed by atoms with Crippen LogP contribution in [0.3, 0.4) is 0 Å². The van der Waals surface area contributed by atoms with Gasteiger partial charge in [-0.3, -0.25) is 0 Å². The van der Waals surface area contributed by atoms with E-state index in [1.807, 2.05) is 0 Å². The summed E-state index contributed by atoms with van der Waals surface area (Å²) >= 11 is 0. The lowest BCUT2D eigenvalue weighted by atomic mass is 10.2. The number of nitrogen functional groups attached to an aromatic ring is 1. The highest BCUT2D eigenvalue weighted by Gasteiger charge is 2.15. The molecule has 0 aliphatic rings. The van der Waals surface area contributed by atoms with Crippen molar-refractivity contribution < 1.29 is 13.9 Å². The van der Waals surface area contributed by atoms with Crippen molar-refractivity contribution in [2.24, 2.45) is 0 Å². The van der Waals surface area contributed by atoms with Crippen molar-refractivity contribution in [3.63, 3.8) is 0 Å². The molecule has 1 aromatic rings. The Morgan fingerprint density at radius 3 is 2.69 bits per heavy atom. The van der Waals surface area contributed by atoms with Gasteiger partial charge in [0.05, 0.1) is 5.56 Å². The molecule has 0 fully saturated rings. The molecule has 0 aromatic carbocycles. The largest absolute Gasteiger partial charge is 0.505 e. The SMILES string of the molecule is N#Cc1nc(N)c(C(F)F)cc1O. The molecule has 0 aliphatic heterocycles. The number of halogens is 2. The molecule has 0 unspecified atom stereocenters. The lowest BCUT2D eigenvalue weighted by molar-refractivity contribution is 0.151. The van der Waals surface area contributed by atoms with Gasteiger partial charge >= 0.3 is 0 Å². The third-order valence-corrected chi connectivity index (χ3v) is 1.40. The Morgan fingerprint density at radius 1 is 1.62 bits per heavy atom. The van der Waals surface area contributed by atoms with Gasteiger partial charge in [-0.15, -0.1) is 0 Å². The lowest BCUT2D eigenvalue weighted by Crippen LogP contribution is -2.00. The van der Waals surface area contributed by atoms with E-state index < -0.39 is 23.6 Å². The maximum atomic E-state index is 12.1. The summed E-state index contributed by atoms with van der Waals surface area (Å²) in [6.45, 7) is 0. The summed E-state index contributed by atoms with van der Waals surface area (Å²) in [5.41, 5.74) is 4.18. The van der Waals surface area contributed by atoms with E-state index in [0.717, 1.165) is 6.07 Å². The second-order valence-corrected chi connectivity index (χ2v) is 2.24. The number of rotatable bonds is 1. The van der Waals surface area contributed by atoms with E-state index in [4.69, 9.17) is 16.1 Å². The van der Waals surface area contributed by atoms with E-state index in [1.165, 1.54) is 6.07 Å². The molecule has 0 saturated heterocycles. The fraction of sp³-hybridized carbons (Fsp3) is 0.143. The first-order valence-electron chi connectivity index (χ1n) is 3.24. The minimum atomic E-state index is -2.81. The molecule has 3 N–H and O–H groups in total. The van der Waals surface area contributed by atoms with Crippen LogP contribution in [0.1, 0.15) is 17.7 Å². The van der Waals surface area contributed by atoms with E-state index in [9.17, 15) is 8.78 Å². The predicted molar refractivity (Wildman–Crippen MR) is 40.0 cm³/mol. The van der Waals surface area contributed by atoms with Crippen LogP contribution in [0.25, 0.3) is 0 Å². The Kier molecular flexibility index (Phi) is 2.28. The van der Waals surface area contributed by atoms with Gasteiger partial charge in [0.15, 0.2) is 11.4 Å². The molecule has 0 saturated carbocycles. The van der Waals surface area contributed by atoms with Crippen molar-refractivity contribution in [3.05, 3.63) is 17.3 Å². The van der Waals surface area contributed by atoms with E-state index in [-0.39, 0.29) is 5.69 Å². The van der Waals surface area contributed by atoms with Gasteiger partial charge in [-0.25, -0.2) is 13.8 Å². The summed E-state index contributed by atoms with van der Waals surface area (Å²) in [6.07, 6.45) is -2.81. The molecule has 4 nitrogen and oxygen atoms in total. The molecule has 0 spiro atoms. The Morgan fingerprint density at radius 2 is 2.23 bits per heavy atom. The average Bonchev–Trinajstić information content (AvgIpc) is 2.07. The predicted octanol–water partition coefficient (Wildman–Crippen LogP) is 1.18. The first-order chi connectivity index (χ1) is 6.06. The van der Waals surface area contributed by atoms with Gasteiger partial charge in [0, 0.05) is 0 Å². The summed E-state index contributed by atoms with van der Waals surface area (Å²) in [6, 6.07) is 2.26. The number of pyridine rings is 1. The van der Waals surface area contributed by atoms with Crippen LogP contribution in [0.15, 0.2) is 6.07 Å². The number of nitrogens with two attached hydrogens (primary N) is 1. The summed E-state index contributed by atoms with van der Waals surface area (Å²) in [5.74, 6) is -1.03. The number of aromatic hydroxyl groups is 1. The normalized spacial score (nSPS) is 10.0. The maximum Gasteiger partial charge on any atom is 0.267 e. The first-order valence-corrected chi connectivity index (χ1v) is 3.24. The average molecular weight is 185 g/mol. The summed E-state index contributed by atoms with van der Waals surface area (Å²) in [5, 5.41) is 17.3. The van der Waals surface area contributed by atoms with Crippen molar-refractivity contribution in [2.75, 3.05) is 5.73 Å². The third kappa shape index (κ3) is 1.64. The standard InChI is InChI=1S/C7H5F2N3O/c8-6(9)3-1-5(13)4(2-10)12-7(3)11/h1,6,13H,(H2,11,12). The van der Waals surface area contributed by atoms with Crippen LogP contribution < -0.4 is 5.73 Å². The van der Waals surface area contributed by atoms with Crippen molar-refractivity contribution >= 4 is 5.82 Å². The molecule has 0 amide bonds. The minimum absolute atomic E-state index is 0.359. The van der Waals surface area contributed by atoms with Gasteiger partial charge in [0.1, 0.15) is 11.9 Å². The van der Waals surface area contributed by atoms with E-state index in [1.54, 1.807) is 0 Å². The quantitative estimate of drug-likeness (QED) is 0.688. The number of nitrogens with zero attached hydrogens (tertiary/aromatic N) is 2. The Labute approximate surface area is 72.2 Å². The van der Waals surface area contributed by atoms with E-state index in [2.05, 4.69) is 4.98 Å². The van der Waals surface area contributed by atoms with Gasteiger partial charge < -0.3 is 10.8 Å². The Hall–Kier alpha value is -1.90. The van der Waals surface area contributed by atoms with Crippen LogP contribution in [0.4, 0.5) is 14.6 Å².